The van der Waals surface area contributed by atoms with Gasteiger partial charge in [-0.15, -0.1) is 10.2 Å². The fourth-order valence-electron chi connectivity index (χ4n) is 3.99. The third kappa shape index (κ3) is 4.28. The minimum Gasteiger partial charge on any atom is -0.333 e. The van der Waals surface area contributed by atoms with Gasteiger partial charge >= 0.3 is 11.8 Å². The van der Waals surface area contributed by atoms with E-state index < -0.39 is 23.5 Å². The van der Waals surface area contributed by atoms with Gasteiger partial charge in [0.1, 0.15) is 18.2 Å². The second-order valence-corrected chi connectivity index (χ2v) is 7.76. The van der Waals surface area contributed by atoms with Gasteiger partial charge in [0.2, 0.25) is 5.91 Å². The van der Waals surface area contributed by atoms with Crippen molar-refractivity contribution in [3.8, 4) is 11.4 Å². The van der Waals surface area contributed by atoms with Crippen LogP contribution in [0.2, 0.25) is 0 Å². The number of anilines is 1. The van der Waals surface area contributed by atoms with Crippen molar-refractivity contribution in [1.29, 1.82) is 0 Å². The normalized spacial score (nSPS) is 16.8. The first-order valence-electron chi connectivity index (χ1n) is 10.6. The molecule has 1 saturated heterocycles. The summed E-state index contributed by atoms with van der Waals surface area (Å²) in [6, 6.07) is 4.41. The van der Waals surface area contributed by atoms with Gasteiger partial charge in [-0.05, 0) is 38.0 Å². The van der Waals surface area contributed by atoms with Crippen LogP contribution < -0.4 is 5.32 Å². The molecule has 0 radical (unpaired) electrons. The summed E-state index contributed by atoms with van der Waals surface area (Å²) in [7, 11) is 0. The summed E-state index contributed by atoms with van der Waals surface area (Å²) in [6.07, 6.45) is 4.08. The Bertz CT molecular complexity index is 1020. The zero-order chi connectivity index (χ0) is 22.0. The van der Waals surface area contributed by atoms with Crippen LogP contribution in [0.4, 0.5) is 10.1 Å². The van der Waals surface area contributed by atoms with Gasteiger partial charge in [-0.2, -0.15) is 0 Å². The van der Waals surface area contributed by atoms with Crippen molar-refractivity contribution in [1.82, 2.24) is 24.6 Å². The van der Waals surface area contributed by atoms with Crippen LogP contribution in [0.3, 0.4) is 0 Å². The van der Waals surface area contributed by atoms with Crippen LogP contribution in [0, 0.1) is 5.82 Å². The van der Waals surface area contributed by atoms with Gasteiger partial charge in [0.25, 0.3) is 0 Å². The first-order valence-corrected chi connectivity index (χ1v) is 10.6. The summed E-state index contributed by atoms with van der Waals surface area (Å²) in [4.78, 5) is 39.3. The van der Waals surface area contributed by atoms with Gasteiger partial charge in [-0.25, -0.2) is 4.39 Å². The summed E-state index contributed by atoms with van der Waals surface area (Å²) in [5.74, 6) is -0.945. The predicted molar refractivity (Wildman–Crippen MR) is 110 cm³/mol. The number of likely N-dealkylation sites (N-methyl/N-ethyl adjacent to an activating group) is 1. The number of rotatable bonds is 5. The first kappa shape index (κ1) is 21.0. The number of fused-ring (bicyclic) bond motifs is 1. The standard InChI is InChI=1S/C21H25FN6O3/c1-2-26-10-11-27(21(31)20(26)30)13-18(29)23-16-12-14(7-8-15(16)22)19-25-24-17-6-4-3-5-9-28(17)19/h7-8,12H,2-6,9-11,13H2,1H3,(H,23,29). The number of hydrogen-bond donors (Lipinski definition) is 1. The molecule has 0 atom stereocenters. The largest absolute Gasteiger partial charge is 0.333 e. The van der Waals surface area contributed by atoms with Crippen LogP contribution in [-0.4, -0.2) is 68.5 Å². The smallest absolute Gasteiger partial charge is 0.312 e. The Morgan fingerprint density at radius 1 is 1.06 bits per heavy atom. The van der Waals surface area contributed by atoms with Crippen molar-refractivity contribution in [2.45, 2.75) is 39.2 Å². The highest BCUT2D eigenvalue weighted by atomic mass is 19.1. The lowest BCUT2D eigenvalue weighted by atomic mass is 10.1. The molecule has 0 spiro atoms. The van der Waals surface area contributed by atoms with E-state index in [0.29, 0.717) is 24.5 Å². The van der Waals surface area contributed by atoms with E-state index in [4.69, 9.17) is 0 Å². The molecule has 1 fully saturated rings. The highest BCUT2D eigenvalue weighted by Crippen LogP contribution is 2.26. The number of aryl methyl sites for hydroxylation is 1. The molecule has 2 aromatic rings. The Morgan fingerprint density at radius 3 is 2.65 bits per heavy atom. The molecular weight excluding hydrogens is 403 g/mol. The average molecular weight is 428 g/mol. The Balaban J connectivity index is 1.48. The van der Waals surface area contributed by atoms with Crippen LogP contribution in [0.1, 0.15) is 32.0 Å². The maximum atomic E-state index is 14.4. The van der Waals surface area contributed by atoms with Crippen molar-refractivity contribution >= 4 is 23.4 Å². The van der Waals surface area contributed by atoms with Gasteiger partial charge in [0.05, 0.1) is 5.69 Å². The number of halogens is 1. The summed E-state index contributed by atoms with van der Waals surface area (Å²) in [6.45, 7) is 3.35. The Hall–Kier alpha value is -3.30. The summed E-state index contributed by atoms with van der Waals surface area (Å²) in [5.41, 5.74) is 0.652. The number of carbonyl (C=O) groups excluding carboxylic acids is 3. The molecule has 3 amide bonds. The van der Waals surface area contributed by atoms with Crippen LogP contribution in [-0.2, 0) is 27.3 Å². The Labute approximate surface area is 179 Å². The average Bonchev–Trinajstić information content (AvgIpc) is 3.01. The van der Waals surface area contributed by atoms with Gasteiger partial charge < -0.3 is 19.7 Å². The molecule has 10 heteroatoms. The molecule has 3 heterocycles. The maximum Gasteiger partial charge on any atom is 0.312 e. The number of amides is 3. The molecule has 164 valence electrons. The van der Waals surface area contributed by atoms with Gasteiger partial charge in [-0.3, -0.25) is 14.4 Å². The van der Waals surface area contributed by atoms with E-state index in [0.717, 1.165) is 38.1 Å². The van der Waals surface area contributed by atoms with E-state index >= 15 is 0 Å². The molecule has 0 unspecified atom stereocenters. The SMILES string of the molecule is CCN1CCN(CC(=O)Nc2cc(-c3nnc4n3CCCCC4)ccc2F)C(=O)C1=O. The fourth-order valence-corrected chi connectivity index (χ4v) is 3.99. The molecule has 0 aliphatic carbocycles. The summed E-state index contributed by atoms with van der Waals surface area (Å²) in [5, 5.41) is 11.1. The Morgan fingerprint density at radius 2 is 1.84 bits per heavy atom. The maximum absolute atomic E-state index is 14.4. The molecule has 2 aliphatic heterocycles. The summed E-state index contributed by atoms with van der Waals surface area (Å²) >= 11 is 0. The number of aromatic nitrogens is 3. The number of nitrogens with zero attached hydrogens (tertiary/aromatic N) is 5. The molecule has 9 nitrogen and oxygen atoms in total. The number of nitrogens with one attached hydrogen (secondary N) is 1. The van der Waals surface area contributed by atoms with E-state index in [9.17, 15) is 18.8 Å². The quantitative estimate of drug-likeness (QED) is 0.727. The van der Waals surface area contributed by atoms with Crippen molar-refractivity contribution in [3.05, 3.63) is 29.8 Å². The minimum atomic E-state index is -0.719. The minimum absolute atomic E-state index is 0.000517. The van der Waals surface area contributed by atoms with Gasteiger partial charge in [0, 0.05) is 38.2 Å². The molecule has 31 heavy (non-hydrogen) atoms. The molecule has 2 aliphatic rings. The molecular formula is C21H25FN6O3. The second-order valence-electron chi connectivity index (χ2n) is 7.76. The first-order chi connectivity index (χ1) is 15.0. The molecule has 1 aromatic carbocycles. The zero-order valence-electron chi connectivity index (χ0n) is 17.4. The molecule has 0 bridgehead atoms. The van der Waals surface area contributed by atoms with E-state index in [1.807, 2.05) is 4.57 Å². The number of hydrogen-bond acceptors (Lipinski definition) is 5. The molecule has 1 aromatic heterocycles. The third-order valence-electron chi connectivity index (χ3n) is 5.72. The number of piperazine rings is 1. The number of carbonyl (C=O) groups is 3. The van der Waals surface area contributed by atoms with Crippen molar-refractivity contribution in [3.63, 3.8) is 0 Å². The molecule has 1 N–H and O–H groups in total. The Kier molecular flexibility index (Phi) is 5.97. The van der Waals surface area contributed by atoms with Gasteiger partial charge in [0.15, 0.2) is 5.82 Å². The van der Waals surface area contributed by atoms with Crippen LogP contribution in [0.15, 0.2) is 18.2 Å². The predicted octanol–water partition coefficient (Wildman–Crippen LogP) is 1.44. The number of benzene rings is 1. The van der Waals surface area contributed by atoms with E-state index in [2.05, 4.69) is 15.5 Å². The van der Waals surface area contributed by atoms with Crippen LogP contribution >= 0.6 is 0 Å². The molecule has 4 rings (SSSR count). The lowest BCUT2D eigenvalue weighted by Gasteiger charge is -2.32. The second kappa shape index (κ2) is 8.83. The monoisotopic (exact) mass is 428 g/mol. The van der Waals surface area contributed by atoms with Crippen molar-refractivity contribution in [2.75, 3.05) is 31.5 Å². The lowest BCUT2D eigenvalue weighted by Crippen LogP contribution is -2.55. The third-order valence-corrected chi connectivity index (χ3v) is 5.72. The van der Waals surface area contributed by atoms with Crippen LogP contribution in [0.25, 0.3) is 11.4 Å². The topological polar surface area (TPSA) is 100 Å². The van der Waals surface area contributed by atoms with Crippen molar-refractivity contribution < 1.29 is 18.8 Å². The van der Waals surface area contributed by atoms with Gasteiger partial charge in [-0.1, -0.05) is 6.42 Å². The van der Waals surface area contributed by atoms with E-state index in [-0.39, 0.29) is 18.8 Å². The van der Waals surface area contributed by atoms with Crippen molar-refractivity contribution in [2.24, 2.45) is 0 Å². The van der Waals surface area contributed by atoms with E-state index in [1.54, 1.807) is 13.0 Å². The van der Waals surface area contributed by atoms with E-state index in [1.165, 1.54) is 21.9 Å². The zero-order valence-corrected chi connectivity index (χ0v) is 17.4. The molecule has 0 saturated carbocycles. The lowest BCUT2D eigenvalue weighted by molar-refractivity contribution is -0.156. The highest BCUT2D eigenvalue weighted by molar-refractivity contribution is 6.35. The van der Waals surface area contributed by atoms with Crippen LogP contribution in [0.5, 0.6) is 0 Å². The fraction of sp³-hybridized carbons (Fsp3) is 0.476. The highest BCUT2D eigenvalue weighted by Gasteiger charge is 2.32. The summed E-state index contributed by atoms with van der Waals surface area (Å²) < 4.78 is 16.4.